The van der Waals surface area contributed by atoms with Gasteiger partial charge in [-0.2, -0.15) is 0 Å². The van der Waals surface area contributed by atoms with Crippen LogP contribution in [0.5, 0.6) is 0 Å². The normalized spacial score (nSPS) is 19.4. The van der Waals surface area contributed by atoms with E-state index in [4.69, 9.17) is 5.11 Å². The highest BCUT2D eigenvalue weighted by Crippen LogP contribution is 2.14. The van der Waals surface area contributed by atoms with E-state index in [1.807, 2.05) is 0 Å². The van der Waals surface area contributed by atoms with Gasteiger partial charge in [0.2, 0.25) is 0 Å². The van der Waals surface area contributed by atoms with Crippen LogP contribution in [0, 0.1) is 0 Å². The fourth-order valence-electron chi connectivity index (χ4n) is 2.07. The highest BCUT2D eigenvalue weighted by Gasteiger charge is 2.33. The first kappa shape index (κ1) is 19.8. The number of aliphatic hydroxyl groups is 6. The fourth-order valence-corrected chi connectivity index (χ4v) is 2.07. The van der Waals surface area contributed by atoms with Crippen molar-refractivity contribution in [3.05, 3.63) is 0 Å². The average molecular weight is 294 g/mol. The number of rotatable bonds is 12. The lowest BCUT2D eigenvalue weighted by molar-refractivity contribution is -0.141. The van der Waals surface area contributed by atoms with Crippen LogP contribution in [0.3, 0.4) is 0 Å². The van der Waals surface area contributed by atoms with E-state index in [9.17, 15) is 25.5 Å². The first-order valence-corrected chi connectivity index (χ1v) is 7.46. The van der Waals surface area contributed by atoms with E-state index in [0.717, 1.165) is 25.7 Å². The zero-order valence-corrected chi connectivity index (χ0v) is 12.2. The summed E-state index contributed by atoms with van der Waals surface area (Å²) in [6, 6.07) is 0. The van der Waals surface area contributed by atoms with Crippen molar-refractivity contribution in [2.24, 2.45) is 0 Å². The van der Waals surface area contributed by atoms with Crippen LogP contribution in [0.25, 0.3) is 0 Å². The number of aliphatic hydroxyl groups excluding tert-OH is 6. The Bertz CT molecular complexity index is 226. The Labute approximate surface area is 120 Å². The van der Waals surface area contributed by atoms with E-state index in [0.29, 0.717) is 6.42 Å². The number of hydrogen-bond donors (Lipinski definition) is 6. The third-order valence-corrected chi connectivity index (χ3v) is 3.53. The van der Waals surface area contributed by atoms with Gasteiger partial charge in [0, 0.05) is 0 Å². The Morgan fingerprint density at radius 1 is 0.650 bits per heavy atom. The Morgan fingerprint density at radius 2 is 1.15 bits per heavy atom. The second kappa shape index (κ2) is 11.4. The van der Waals surface area contributed by atoms with Crippen LogP contribution in [-0.2, 0) is 0 Å². The van der Waals surface area contributed by atoms with E-state index in [1.165, 1.54) is 12.8 Å². The molecule has 0 bridgehead atoms. The summed E-state index contributed by atoms with van der Waals surface area (Å²) < 4.78 is 0. The van der Waals surface area contributed by atoms with Gasteiger partial charge in [-0.25, -0.2) is 0 Å². The van der Waals surface area contributed by atoms with Gasteiger partial charge in [0.15, 0.2) is 0 Å². The van der Waals surface area contributed by atoms with Gasteiger partial charge < -0.3 is 30.6 Å². The average Bonchev–Trinajstić information content (AvgIpc) is 2.47. The van der Waals surface area contributed by atoms with E-state index in [1.54, 1.807) is 0 Å². The number of unbranched alkanes of at least 4 members (excludes halogenated alkanes) is 5. The summed E-state index contributed by atoms with van der Waals surface area (Å²) in [6.07, 6.45) is -1.03. The van der Waals surface area contributed by atoms with Crippen molar-refractivity contribution >= 4 is 0 Å². The minimum absolute atomic E-state index is 0.326. The predicted octanol–water partition coefficient (Wildman–Crippen LogP) is -0.466. The summed E-state index contributed by atoms with van der Waals surface area (Å²) >= 11 is 0. The van der Waals surface area contributed by atoms with E-state index < -0.39 is 37.1 Å². The van der Waals surface area contributed by atoms with Crippen molar-refractivity contribution in [1.29, 1.82) is 0 Å². The van der Waals surface area contributed by atoms with Crippen LogP contribution < -0.4 is 0 Å². The Balaban J connectivity index is 3.92. The van der Waals surface area contributed by atoms with Gasteiger partial charge in [-0.3, -0.25) is 0 Å². The van der Waals surface area contributed by atoms with Gasteiger partial charge in [0.05, 0.1) is 12.7 Å². The summed E-state index contributed by atoms with van der Waals surface area (Å²) in [7, 11) is 0. The van der Waals surface area contributed by atoms with Gasteiger partial charge in [-0.15, -0.1) is 0 Å². The molecule has 122 valence electrons. The van der Waals surface area contributed by atoms with Crippen LogP contribution >= 0.6 is 0 Å². The second-order valence-electron chi connectivity index (χ2n) is 5.35. The zero-order chi connectivity index (χ0) is 15.5. The first-order chi connectivity index (χ1) is 9.45. The monoisotopic (exact) mass is 294 g/mol. The molecule has 0 aliphatic heterocycles. The Morgan fingerprint density at radius 3 is 1.70 bits per heavy atom. The van der Waals surface area contributed by atoms with Crippen molar-refractivity contribution in [2.75, 3.05) is 6.61 Å². The molecule has 0 aliphatic rings. The van der Waals surface area contributed by atoms with Crippen LogP contribution in [0.1, 0.15) is 51.9 Å². The van der Waals surface area contributed by atoms with Crippen molar-refractivity contribution in [3.63, 3.8) is 0 Å². The molecule has 1 unspecified atom stereocenters. The van der Waals surface area contributed by atoms with Crippen LogP contribution in [0.4, 0.5) is 0 Å². The Kier molecular flexibility index (Phi) is 11.3. The summed E-state index contributed by atoms with van der Waals surface area (Å²) in [5.74, 6) is 0. The Hall–Kier alpha value is -0.240. The molecule has 6 N–H and O–H groups in total. The van der Waals surface area contributed by atoms with Crippen molar-refractivity contribution in [1.82, 2.24) is 0 Å². The summed E-state index contributed by atoms with van der Waals surface area (Å²) in [4.78, 5) is 0. The molecule has 0 spiro atoms. The largest absolute Gasteiger partial charge is 0.394 e. The molecule has 0 aromatic heterocycles. The number of hydrogen-bond acceptors (Lipinski definition) is 6. The smallest absolute Gasteiger partial charge is 0.111 e. The minimum Gasteiger partial charge on any atom is -0.394 e. The maximum Gasteiger partial charge on any atom is 0.111 e. The summed E-state index contributed by atoms with van der Waals surface area (Å²) in [6.45, 7) is 1.41. The molecule has 0 radical (unpaired) electrons. The second-order valence-corrected chi connectivity index (χ2v) is 5.35. The third kappa shape index (κ3) is 7.52. The fraction of sp³-hybridized carbons (Fsp3) is 1.00. The van der Waals surface area contributed by atoms with E-state index in [2.05, 4.69) is 6.92 Å². The molecule has 0 amide bonds. The molecule has 6 heteroatoms. The molecule has 0 heterocycles. The van der Waals surface area contributed by atoms with E-state index in [-0.39, 0.29) is 0 Å². The third-order valence-electron chi connectivity index (χ3n) is 3.53. The molecule has 20 heavy (non-hydrogen) atoms. The van der Waals surface area contributed by atoms with Gasteiger partial charge in [0.1, 0.15) is 24.4 Å². The molecule has 0 rings (SSSR count). The lowest BCUT2D eigenvalue weighted by Gasteiger charge is -2.28. The highest BCUT2D eigenvalue weighted by molar-refractivity contribution is 4.84. The predicted molar refractivity (Wildman–Crippen MR) is 75.1 cm³/mol. The lowest BCUT2D eigenvalue weighted by Crippen LogP contribution is -2.49. The topological polar surface area (TPSA) is 121 Å². The molecule has 5 atom stereocenters. The first-order valence-electron chi connectivity index (χ1n) is 7.46. The van der Waals surface area contributed by atoms with Crippen LogP contribution in [0.2, 0.25) is 0 Å². The van der Waals surface area contributed by atoms with Gasteiger partial charge in [-0.1, -0.05) is 45.4 Å². The van der Waals surface area contributed by atoms with Crippen molar-refractivity contribution < 1.29 is 30.6 Å². The molecule has 0 fully saturated rings. The molecular weight excluding hydrogens is 264 g/mol. The molecule has 0 aliphatic carbocycles. The van der Waals surface area contributed by atoms with Crippen molar-refractivity contribution in [2.45, 2.75) is 82.4 Å². The molecular formula is C14H30O6. The SMILES string of the molecule is CCCCCCCCC(O)[C@@H](O)[C@@H](O)[C@H](O)[C@H](O)CO. The van der Waals surface area contributed by atoms with Gasteiger partial charge in [-0.05, 0) is 6.42 Å². The molecule has 0 aromatic rings. The molecule has 0 saturated heterocycles. The van der Waals surface area contributed by atoms with Crippen molar-refractivity contribution in [3.8, 4) is 0 Å². The minimum atomic E-state index is -1.69. The lowest BCUT2D eigenvalue weighted by atomic mass is 9.96. The molecule has 0 saturated carbocycles. The quantitative estimate of drug-likeness (QED) is 0.271. The summed E-state index contributed by atoms with van der Waals surface area (Å²) in [5.41, 5.74) is 0. The van der Waals surface area contributed by atoms with Crippen LogP contribution in [-0.4, -0.2) is 67.8 Å². The standard InChI is InChI=1S/C14H30O6/c1-2-3-4-5-6-7-8-10(16)12(18)14(20)13(19)11(17)9-15/h10-20H,2-9H2,1H3/t10?,11-,12-,13-,14-/m1/s1. The molecule has 0 aromatic carbocycles. The van der Waals surface area contributed by atoms with E-state index >= 15 is 0 Å². The van der Waals surface area contributed by atoms with Crippen LogP contribution in [0.15, 0.2) is 0 Å². The maximum atomic E-state index is 9.73. The molecule has 6 nitrogen and oxygen atoms in total. The zero-order valence-electron chi connectivity index (χ0n) is 12.2. The van der Waals surface area contributed by atoms with Gasteiger partial charge in [0.25, 0.3) is 0 Å². The highest BCUT2D eigenvalue weighted by atomic mass is 16.4. The maximum absolute atomic E-state index is 9.73. The van der Waals surface area contributed by atoms with Gasteiger partial charge >= 0.3 is 0 Å². The summed E-state index contributed by atoms with van der Waals surface area (Å²) in [5, 5.41) is 56.3.